The molecule has 2 aromatic rings. The fourth-order valence-corrected chi connectivity index (χ4v) is 2.67. The quantitative estimate of drug-likeness (QED) is 0.847. The number of hydrogen-bond acceptors (Lipinski definition) is 3. The van der Waals surface area contributed by atoms with Gasteiger partial charge in [0.05, 0.1) is 17.9 Å². The van der Waals surface area contributed by atoms with Crippen LogP contribution >= 0.6 is 0 Å². The zero-order valence-electron chi connectivity index (χ0n) is 14.0. The van der Waals surface area contributed by atoms with Crippen molar-refractivity contribution in [2.24, 2.45) is 0 Å². The number of likely N-dealkylation sites (N-methyl/N-ethyl adjacent to an activating group) is 1. The van der Waals surface area contributed by atoms with Crippen molar-refractivity contribution in [1.29, 1.82) is 0 Å². The van der Waals surface area contributed by atoms with Gasteiger partial charge in [-0.3, -0.25) is 14.6 Å². The zero-order chi connectivity index (χ0) is 15.6. The van der Waals surface area contributed by atoms with E-state index in [4.69, 9.17) is 0 Å². The van der Waals surface area contributed by atoms with Crippen LogP contribution < -0.4 is 0 Å². The molecular weight excluding hydrogens is 260 g/mol. The van der Waals surface area contributed by atoms with E-state index in [9.17, 15) is 0 Å². The molecule has 0 saturated heterocycles. The van der Waals surface area contributed by atoms with Crippen LogP contribution in [0.3, 0.4) is 0 Å². The minimum Gasteiger partial charge on any atom is -0.296 e. The molecule has 114 valence electrons. The van der Waals surface area contributed by atoms with Crippen LogP contribution in [0.1, 0.15) is 35.3 Å². The number of rotatable bonds is 5. The maximum Gasteiger partial charge on any atom is 0.0596 e. The van der Waals surface area contributed by atoms with E-state index < -0.39 is 0 Å². The second-order valence-corrected chi connectivity index (χ2v) is 6.15. The van der Waals surface area contributed by atoms with Gasteiger partial charge in [0.2, 0.25) is 0 Å². The van der Waals surface area contributed by atoms with Crippen LogP contribution in [0.15, 0.2) is 18.2 Å². The Labute approximate surface area is 127 Å². The van der Waals surface area contributed by atoms with Crippen LogP contribution in [-0.4, -0.2) is 32.8 Å². The molecular formula is C17H26N4. The van der Waals surface area contributed by atoms with Crippen LogP contribution in [0.5, 0.6) is 0 Å². The Hall–Kier alpha value is -1.68. The summed E-state index contributed by atoms with van der Waals surface area (Å²) in [7, 11) is 2.15. The fraction of sp³-hybridized carbons (Fsp3) is 0.529. The van der Waals surface area contributed by atoms with Gasteiger partial charge in [-0.25, -0.2) is 0 Å². The lowest BCUT2D eigenvalue weighted by Crippen LogP contribution is -2.33. The van der Waals surface area contributed by atoms with E-state index in [1.807, 2.05) is 6.92 Å². The van der Waals surface area contributed by atoms with Crippen molar-refractivity contribution in [1.82, 2.24) is 19.7 Å². The van der Waals surface area contributed by atoms with Crippen LogP contribution in [0.4, 0.5) is 0 Å². The molecule has 0 aromatic carbocycles. The summed E-state index contributed by atoms with van der Waals surface area (Å²) in [6.45, 7) is 12.3. The Balaban J connectivity index is 2.02. The molecule has 0 amide bonds. The molecule has 2 heterocycles. The molecule has 0 saturated carbocycles. The molecule has 2 aromatic heterocycles. The lowest BCUT2D eigenvalue weighted by Gasteiger charge is -2.25. The summed E-state index contributed by atoms with van der Waals surface area (Å²) in [5, 5.41) is 4.54. The average molecular weight is 286 g/mol. The van der Waals surface area contributed by atoms with Gasteiger partial charge in [0.1, 0.15) is 0 Å². The average Bonchev–Trinajstić information content (AvgIpc) is 2.66. The van der Waals surface area contributed by atoms with Crippen molar-refractivity contribution in [3.63, 3.8) is 0 Å². The minimum absolute atomic E-state index is 0.408. The highest BCUT2D eigenvalue weighted by atomic mass is 15.3. The van der Waals surface area contributed by atoms with E-state index >= 15 is 0 Å². The van der Waals surface area contributed by atoms with Gasteiger partial charge in [0.15, 0.2) is 0 Å². The van der Waals surface area contributed by atoms with Crippen LogP contribution in [0.25, 0.3) is 0 Å². The molecule has 0 fully saturated rings. The smallest absolute Gasteiger partial charge is 0.0596 e. The van der Waals surface area contributed by atoms with Crippen molar-refractivity contribution in [3.8, 4) is 0 Å². The topological polar surface area (TPSA) is 34.0 Å². The summed E-state index contributed by atoms with van der Waals surface area (Å²) in [6, 6.07) is 6.81. The second-order valence-electron chi connectivity index (χ2n) is 6.15. The zero-order valence-corrected chi connectivity index (χ0v) is 14.0. The third-order valence-electron chi connectivity index (χ3n) is 3.86. The van der Waals surface area contributed by atoms with Crippen molar-refractivity contribution in [3.05, 3.63) is 46.5 Å². The molecule has 0 bridgehead atoms. The normalized spacial score (nSPS) is 12.9. The summed E-state index contributed by atoms with van der Waals surface area (Å²) < 4.78 is 2.09. The Morgan fingerprint density at radius 2 is 1.81 bits per heavy atom. The largest absolute Gasteiger partial charge is 0.296 e. The monoisotopic (exact) mass is 286 g/mol. The molecule has 4 nitrogen and oxygen atoms in total. The first-order valence-electron chi connectivity index (χ1n) is 7.50. The summed E-state index contributed by atoms with van der Waals surface area (Å²) >= 11 is 0. The van der Waals surface area contributed by atoms with Crippen molar-refractivity contribution in [2.75, 3.05) is 7.05 Å². The minimum atomic E-state index is 0.408. The molecule has 0 radical (unpaired) electrons. The third-order valence-corrected chi connectivity index (χ3v) is 3.86. The van der Waals surface area contributed by atoms with Crippen LogP contribution in [0.2, 0.25) is 0 Å². The van der Waals surface area contributed by atoms with Crippen molar-refractivity contribution in [2.45, 2.75) is 53.8 Å². The predicted molar refractivity (Wildman–Crippen MR) is 86.3 cm³/mol. The molecule has 0 N–H and O–H groups in total. The molecule has 1 atom stereocenters. The van der Waals surface area contributed by atoms with Gasteiger partial charge in [-0.2, -0.15) is 5.10 Å². The SMILES string of the molecule is Cc1cc(C)nc(CN(C)[C@@H](C)Cn2nc(C)cc2C)c1. The van der Waals surface area contributed by atoms with Crippen LogP contribution in [0, 0.1) is 27.7 Å². The van der Waals surface area contributed by atoms with E-state index in [0.29, 0.717) is 6.04 Å². The number of aryl methyl sites for hydroxylation is 4. The molecule has 0 spiro atoms. The first-order valence-corrected chi connectivity index (χ1v) is 7.50. The molecule has 2 rings (SSSR count). The second kappa shape index (κ2) is 6.39. The fourth-order valence-electron chi connectivity index (χ4n) is 2.67. The van der Waals surface area contributed by atoms with E-state index in [1.54, 1.807) is 0 Å². The molecule has 0 unspecified atom stereocenters. The maximum atomic E-state index is 4.62. The Kier molecular flexibility index (Phi) is 4.78. The summed E-state index contributed by atoms with van der Waals surface area (Å²) in [5.74, 6) is 0. The highest BCUT2D eigenvalue weighted by molar-refractivity contribution is 5.19. The Bertz CT molecular complexity index is 595. The van der Waals surface area contributed by atoms with Gasteiger partial charge >= 0.3 is 0 Å². The van der Waals surface area contributed by atoms with Gasteiger partial charge < -0.3 is 0 Å². The Morgan fingerprint density at radius 1 is 1.10 bits per heavy atom. The number of aromatic nitrogens is 3. The lowest BCUT2D eigenvalue weighted by atomic mass is 10.2. The van der Waals surface area contributed by atoms with Crippen molar-refractivity contribution < 1.29 is 0 Å². The first-order chi connectivity index (χ1) is 9.85. The lowest BCUT2D eigenvalue weighted by molar-refractivity contribution is 0.218. The predicted octanol–water partition coefficient (Wildman–Crippen LogP) is 3.03. The van der Waals surface area contributed by atoms with E-state index in [1.165, 1.54) is 11.3 Å². The summed E-state index contributed by atoms with van der Waals surface area (Å²) in [6.07, 6.45) is 0. The maximum absolute atomic E-state index is 4.62. The number of hydrogen-bond donors (Lipinski definition) is 0. The first kappa shape index (κ1) is 15.7. The molecule has 0 aliphatic carbocycles. The number of nitrogens with zero attached hydrogens (tertiary/aromatic N) is 4. The highest BCUT2D eigenvalue weighted by Gasteiger charge is 2.13. The van der Waals surface area contributed by atoms with Crippen molar-refractivity contribution >= 4 is 0 Å². The van der Waals surface area contributed by atoms with Gasteiger partial charge in [-0.05, 0) is 65.4 Å². The van der Waals surface area contributed by atoms with Crippen LogP contribution in [-0.2, 0) is 13.1 Å². The molecule has 4 heteroatoms. The molecule has 0 aliphatic rings. The van der Waals surface area contributed by atoms with Gasteiger partial charge in [0.25, 0.3) is 0 Å². The number of pyridine rings is 1. The molecule has 0 aliphatic heterocycles. The summed E-state index contributed by atoms with van der Waals surface area (Å²) in [4.78, 5) is 6.95. The van der Waals surface area contributed by atoms with Gasteiger partial charge in [-0.1, -0.05) is 0 Å². The highest BCUT2D eigenvalue weighted by Crippen LogP contribution is 2.11. The van der Waals surface area contributed by atoms with Gasteiger partial charge in [0, 0.05) is 24.0 Å². The molecule has 21 heavy (non-hydrogen) atoms. The summed E-state index contributed by atoms with van der Waals surface area (Å²) in [5.41, 5.74) is 5.80. The Morgan fingerprint density at radius 3 is 2.38 bits per heavy atom. The van der Waals surface area contributed by atoms with E-state index in [2.05, 4.69) is 72.6 Å². The van der Waals surface area contributed by atoms with Gasteiger partial charge in [-0.15, -0.1) is 0 Å². The third kappa shape index (κ3) is 4.14. The van der Waals surface area contributed by atoms with E-state index in [-0.39, 0.29) is 0 Å². The van der Waals surface area contributed by atoms with E-state index in [0.717, 1.165) is 30.2 Å². The standard InChI is InChI=1S/C17H26N4/c1-12-7-13(2)18-17(8-12)11-20(6)16(5)10-21-15(4)9-14(3)19-21/h7-9,16H,10-11H2,1-6H3/t16-/m0/s1.